The van der Waals surface area contributed by atoms with Crippen LogP contribution in [-0.2, 0) is 0 Å². The van der Waals surface area contributed by atoms with Crippen molar-refractivity contribution < 1.29 is 19.3 Å². The summed E-state index contributed by atoms with van der Waals surface area (Å²) in [6.07, 6.45) is 2.72. The smallest absolute Gasteiger partial charge is 0.205 e. The van der Waals surface area contributed by atoms with Gasteiger partial charge >= 0.3 is 0 Å². The Bertz CT molecular complexity index is 735. The molecule has 0 aliphatic rings. The van der Waals surface area contributed by atoms with Gasteiger partial charge in [0.1, 0.15) is 17.2 Å². The molecule has 0 amide bonds. The number of hydrogen-bond donors (Lipinski definition) is 2. The van der Waals surface area contributed by atoms with E-state index in [1.807, 2.05) is 6.07 Å². The number of aliphatic hydroxyl groups is 1. The molecule has 0 unspecified atom stereocenters. The van der Waals surface area contributed by atoms with Gasteiger partial charge in [0, 0.05) is 19.1 Å². The molecule has 7 nitrogen and oxygen atoms in total. The van der Waals surface area contributed by atoms with Crippen molar-refractivity contribution in [3.63, 3.8) is 0 Å². The predicted molar refractivity (Wildman–Crippen MR) is 103 cm³/mol. The minimum Gasteiger partial charge on any atom is -0.493 e. The van der Waals surface area contributed by atoms with Gasteiger partial charge in [0.2, 0.25) is 5.75 Å². The Balaban J connectivity index is 2.54. The van der Waals surface area contributed by atoms with Gasteiger partial charge in [0.05, 0.1) is 26.7 Å². The lowest BCUT2D eigenvalue weighted by atomic mass is 10.1. The van der Waals surface area contributed by atoms with Crippen molar-refractivity contribution >= 4 is 16.7 Å². The third-order valence-corrected chi connectivity index (χ3v) is 4.16. The summed E-state index contributed by atoms with van der Waals surface area (Å²) in [5.41, 5.74) is 0.696. The van der Waals surface area contributed by atoms with E-state index in [9.17, 15) is 0 Å². The molecule has 2 N–H and O–H groups in total. The van der Waals surface area contributed by atoms with Crippen molar-refractivity contribution in [2.45, 2.75) is 39.0 Å². The van der Waals surface area contributed by atoms with Crippen LogP contribution in [-0.4, -0.2) is 49.6 Å². The van der Waals surface area contributed by atoms with Crippen molar-refractivity contribution in [2.75, 3.05) is 39.8 Å². The van der Waals surface area contributed by atoms with E-state index >= 15 is 0 Å². The Hall–Kier alpha value is -2.28. The van der Waals surface area contributed by atoms with E-state index < -0.39 is 0 Å². The van der Waals surface area contributed by atoms with Crippen molar-refractivity contribution in [1.82, 2.24) is 9.97 Å². The molecule has 2 aromatic rings. The van der Waals surface area contributed by atoms with Crippen molar-refractivity contribution in [3.05, 3.63) is 11.9 Å². The number of anilines is 1. The number of fused-ring (bicyclic) bond motifs is 1. The standard InChI is InChI=1S/C19H29N3O4/c1-12(2)18-21-15-13(19(22-18)20-9-7-6-8-10-23)11-14(24-3)16(25-4)17(15)26-5/h11-12,23H,6-10H2,1-5H3,(H,20,21,22). The fraction of sp³-hybridized carbons (Fsp3) is 0.579. The zero-order valence-corrected chi connectivity index (χ0v) is 16.3. The maximum absolute atomic E-state index is 8.91. The van der Waals surface area contributed by atoms with Gasteiger partial charge < -0.3 is 24.6 Å². The number of benzene rings is 1. The summed E-state index contributed by atoms with van der Waals surface area (Å²) in [6.45, 7) is 5.10. The average molecular weight is 363 g/mol. The third-order valence-electron chi connectivity index (χ3n) is 4.16. The van der Waals surface area contributed by atoms with Crippen molar-refractivity contribution in [3.8, 4) is 17.2 Å². The maximum Gasteiger partial charge on any atom is 0.205 e. The Kier molecular flexibility index (Phi) is 7.26. The lowest BCUT2D eigenvalue weighted by molar-refractivity contribution is 0.283. The van der Waals surface area contributed by atoms with Crippen LogP contribution in [0.5, 0.6) is 17.2 Å². The molecule has 7 heteroatoms. The van der Waals surface area contributed by atoms with Crippen LogP contribution < -0.4 is 19.5 Å². The summed E-state index contributed by atoms with van der Waals surface area (Å²) < 4.78 is 16.5. The zero-order valence-electron chi connectivity index (χ0n) is 16.3. The van der Waals surface area contributed by atoms with Crippen LogP contribution in [0, 0.1) is 0 Å². The van der Waals surface area contributed by atoms with Crippen LogP contribution in [0.25, 0.3) is 10.9 Å². The van der Waals surface area contributed by atoms with Gasteiger partial charge in [-0.1, -0.05) is 13.8 Å². The van der Waals surface area contributed by atoms with Crippen LogP contribution >= 0.6 is 0 Å². The second-order valence-corrected chi connectivity index (χ2v) is 6.34. The number of aromatic nitrogens is 2. The summed E-state index contributed by atoms with van der Waals surface area (Å²) in [6, 6.07) is 1.87. The predicted octanol–water partition coefficient (Wildman–Crippen LogP) is 3.35. The second kappa shape index (κ2) is 9.43. The van der Waals surface area contributed by atoms with E-state index in [1.54, 1.807) is 21.3 Å². The lowest BCUT2D eigenvalue weighted by Crippen LogP contribution is -2.09. The summed E-state index contributed by atoms with van der Waals surface area (Å²) in [5.74, 6) is 3.29. The molecule has 0 spiro atoms. The minimum atomic E-state index is 0.173. The molecule has 0 saturated carbocycles. The summed E-state index contributed by atoms with van der Waals surface area (Å²) in [5, 5.41) is 13.1. The van der Waals surface area contributed by atoms with Crippen LogP contribution in [0.4, 0.5) is 5.82 Å². The van der Waals surface area contributed by atoms with Gasteiger partial charge in [-0.15, -0.1) is 0 Å². The fourth-order valence-electron chi connectivity index (χ4n) is 2.76. The van der Waals surface area contributed by atoms with Gasteiger partial charge in [-0.25, -0.2) is 9.97 Å². The van der Waals surface area contributed by atoms with Crippen molar-refractivity contribution in [1.29, 1.82) is 0 Å². The normalized spacial score (nSPS) is 11.0. The topological polar surface area (TPSA) is 85.7 Å². The number of rotatable bonds is 10. The van der Waals surface area contributed by atoms with E-state index in [-0.39, 0.29) is 12.5 Å². The SMILES string of the molecule is COc1cc2c(NCCCCCO)nc(C(C)C)nc2c(OC)c1OC. The van der Waals surface area contributed by atoms with E-state index in [0.29, 0.717) is 22.8 Å². The Morgan fingerprint density at radius 3 is 2.31 bits per heavy atom. The minimum absolute atomic E-state index is 0.173. The molecular formula is C19H29N3O4. The number of unbranched alkanes of at least 4 members (excludes halogenated alkanes) is 2. The molecule has 0 aliphatic heterocycles. The number of nitrogens with zero attached hydrogens (tertiary/aromatic N) is 2. The van der Waals surface area contributed by atoms with E-state index in [1.165, 1.54) is 0 Å². The first kappa shape index (κ1) is 20.0. The Morgan fingerprint density at radius 2 is 1.73 bits per heavy atom. The van der Waals surface area contributed by atoms with Crippen LogP contribution in [0.3, 0.4) is 0 Å². The second-order valence-electron chi connectivity index (χ2n) is 6.34. The number of hydrogen-bond acceptors (Lipinski definition) is 7. The molecule has 26 heavy (non-hydrogen) atoms. The molecule has 144 valence electrons. The van der Waals surface area contributed by atoms with Crippen LogP contribution in [0.2, 0.25) is 0 Å². The maximum atomic E-state index is 8.91. The van der Waals surface area contributed by atoms with Gasteiger partial charge in [-0.05, 0) is 25.3 Å². The molecule has 0 bridgehead atoms. The third kappa shape index (κ3) is 4.27. The largest absolute Gasteiger partial charge is 0.493 e. The van der Waals surface area contributed by atoms with Gasteiger partial charge in [0.25, 0.3) is 0 Å². The molecular weight excluding hydrogens is 334 g/mol. The molecule has 1 aromatic carbocycles. The summed E-state index contributed by atoms with van der Waals surface area (Å²) in [4.78, 5) is 9.40. The van der Waals surface area contributed by atoms with Gasteiger partial charge in [-0.2, -0.15) is 0 Å². The van der Waals surface area contributed by atoms with Crippen LogP contribution in [0.15, 0.2) is 6.07 Å². The van der Waals surface area contributed by atoms with Crippen molar-refractivity contribution in [2.24, 2.45) is 0 Å². The highest BCUT2D eigenvalue weighted by Crippen LogP contribution is 2.44. The fourth-order valence-corrected chi connectivity index (χ4v) is 2.76. The quantitative estimate of drug-likeness (QED) is 0.626. The Labute approximate surface area is 154 Å². The molecule has 1 aromatic heterocycles. The molecule has 0 aliphatic carbocycles. The van der Waals surface area contributed by atoms with Gasteiger partial charge in [-0.3, -0.25) is 0 Å². The number of nitrogens with one attached hydrogen (secondary N) is 1. The van der Waals surface area contributed by atoms with Gasteiger partial charge in [0.15, 0.2) is 11.5 Å². The monoisotopic (exact) mass is 363 g/mol. The molecule has 0 atom stereocenters. The molecule has 1 heterocycles. The highest BCUT2D eigenvalue weighted by atomic mass is 16.5. The highest BCUT2D eigenvalue weighted by molar-refractivity contribution is 5.97. The summed E-state index contributed by atoms with van der Waals surface area (Å²) >= 11 is 0. The first-order valence-electron chi connectivity index (χ1n) is 8.92. The number of methoxy groups -OCH3 is 3. The lowest BCUT2D eigenvalue weighted by Gasteiger charge is -2.18. The number of ether oxygens (including phenoxy) is 3. The average Bonchev–Trinajstić information content (AvgIpc) is 2.65. The zero-order chi connectivity index (χ0) is 19.1. The summed E-state index contributed by atoms with van der Waals surface area (Å²) in [7, 11) is 4.77. The molecule has 0 fully saturated rings. The van der Waals surface area contributed by atoms with E-state index in [2.05, 4.69) is 19.2 Å². The molecule has 2 rings (SSSR count). The first-order valence-corrected chi connectivity index (χ1v) is 8.92. The highest BCUT2D eigenvalue weighted by Gasteiger charge is 2.21. The molecule has 0 saturated heterocycles. The van der Waals surface area contributed by atoms with E-state index in [0.717, 1.165) is 42.8 Å². The van der Waals surface area contributed by atoms with E-state index in [4.69, 9.17) is 29.3 Å². The molecule has 0 radical (unpaired) electrons. The Morgan fingerprint density at radius 1 is 1.00 bits per heavy atom. The van der Waals surface area contributed by atoms with Crippen LogP contribution in [0.1, 0.15) is 44.9 Å². The number of aliphatic hydroxyl groups excluding tert-OH is 1. The first-order chi connectivity index (χ1) is 12.6.